The third-order valence-corrected chi connectivity index (χ3v) is 5.51. The zero-order valence-electron chi connectivity index (χ0n) is 14.3. The molecule has 0 saturated heterocycles. The Bertz CT molecular complexity index is 1040. The maximum atomic E-state index is 12.5. The molecule has 0 aliphatic carbocycles. The highest BCUT2D eigenvalue weighted by Gasteiger charge is 2.11. The number of carbonyl (C=O) groups is 1. The number of nitro groups is 1. The molecule has 0 radical (unpaired) electrons. The van der Waals surface area contributed by atoms with E-state index in [1.165, 1.54) is 35.6 Å². The smallest absolute Gasteiger partial charge is 0.279 e. The number of hydrogen-bond donors (Lipinski definition) is 0. The second kappa shape index (κ2) is 7.84. The SMILES string of the molecule is CSCCn1c(=NC(=O)c2ccc([N+](=O)[O-])cc2)sc2cc(C)ccc21. The van der Waals surface area contributed by atoms with Gasteiger partial charge < -0.3 is 4.57 Å². The highest BCUT2D eigenvalue weighted by Crippen LogP contribution is 2.20. The van der Waals surface area contributed by atoms with Gasteiger partial charge in [-0.2, -0.15) is 16.8 Å². The Morgan fingerprint density at radius 2 is 2.00 bits per heavy atom. The summed E-state index contributed by atoms with van der Waals surface area (Å²) in [6.45, 7) is 2.79. The summed E-state index contributed by atoms with van der Waals surface area (Å²) in [5, 5.41) is 10.7. The standard InChI is InChI=1S/C18H17N3O3S2/c1-12-3-8-15-16(11-12)26-18(20(15)9-10-25-2)19-17(22)13-4-6-14(7-5-13)21(23)24/h3-8,11H,9-10H2,1-2H3. The molecule has 26 heavy (non-hydrogen) atoms. The summed E-state index contributed by atoms with van der Waals surface area (Å²) < 4.78 is 3.14. The van der Waals surface area contributed by atoms with E-state index in [9.17, 15) is 14.9 Å². The summed E-state index contributed by atoms with van der Waals surface area (Å²) in [5.41, 5.74) is 2.50. The predicted octanol–water partition coefficient (Wildman–Crippen LogP) is 4.02. The summed E-state index contributed by atoms with van der Waals surface area (Å²) in [5.74, 6) is 0.514. The Labute approximate surface area is 158 Å². The number of non-ortho nitro benzene ring substituents is 1. The Balaban J connectivity index is 2.04. The van der Waals surface area contributed by atoms with E-state index in [2.05, 4.69) is 21.7 Å². The maximum Gasteiger partial charge on any atom is 0.279 e. The van der Waals surface area contributed by atoms with Crippen molar-refractivity contribution in [2.45, 2.75) is 13.5 Å². The van der Waals surface area contributed by atoms with E-state index >= 15 is 0 Å². The highest BCUT2D eigenvalue weighted by molar-refractivity contribution is 7.98. The van der Waals surface area contributed by atoms with Gasteiger partial charge in [0, 0.05) is 30.0 Å². The van der Waals surface area contributed by atoms with Crippen LogP contribution in [0.25, 0.3) is 10.2 Å². The number of nitrogens with zero attached hydrogens (tertiary/aromatic N) is 3. The van der Waals surface area contributed by atoms with Crippen molar-refractivity contribution in [1.29, 1.82) is 0 Å². The number of thiazole rings is 1. The number of aromatic nitrogens is 1. The van der Waals surface area contributed by atoms with Crippen LogP contribution in [0.2, 0.25) is 0 Å². The van der Waals surface area contributed by atoms with Crippen LogP contribution in [0.1, 0.15) is 15.9 Å². The molecule has 1 amide bonds. The summed E-state index contributed by atoms with van der Waals surface area (Å²) in [7, 11) is 0. The summed E-state index contributed by atoms with van der Waals surface area (Å²) in [4.78, 5) is 27.7. The lowest BCUT2D eigenvalue weighted by atomic mass is 10.2. The lowest BCUT2D eigenvalue weighted by molar-refractivity contribution is -0.384. The molecular formula is C18H17N3O3S2. The quantitative estimate of drug-likeness (QED) is 0.489. The number of thioether (sulfide) groups is 1. The second-order valence-electron chi connectivity index (χ2n) is 5.72. The van der Waals surface area contributed by atoms with Crippen LogP contribution in [-0.2, 0) is 6.54 Å². The second-order valence-corrected chi connectivity index (χ2v) is 7.72. The van der Waals surface area contributed by atoms with Gasteiger partial charge >= 0.3 is 0 Å². The van der Waals surface area contributed by atoms with Gasteiger partial charge in [-0.1, -0.05) is 17.4 Å². The van der Waals surface area contributed by atoms with Gasteiger partial charge in [-0.25, -0.2) is 0 Å². The number of carbonyl (C=O) groups excluding carboxylic acids is 1. The molecule has 0 spiro atoms. The lowest BCUT2D eigenvalue weighted by Gasteiger charge is -2.04. The molecule has 3 rings (SSSR count). The third kappa shape index (κ3) is 3.86. The van der Waals surface area contributed by atoms with Gasteiger partial charge in [0.05, 0.1) is 15.1 Å². The molecular weight excluding hydrogens is 370 g/mol. The minimum atomic E-state index is -0.490. The molecule has 0 bridgehead atoms. The first-order valence-electron chi connectivity index (χ1n) is 7.92. The van der Waals surface area contributed by atoms with Crippen molar-refractivity contribution in [1.82, 2.24) is 4.57 Å². The topological polar surface area (TPSA) is 77.5 Å². The number of nitro benzene ring substituents is 1. The summed E-state index contributed by atoms with van der Waals surface area (Å²) in [6.07, 6.45) is 2.04. The summed E-state index contributed by atoms with van der Waals surface area (Å²) in [6, 6.07) is 11.7. The van der Waals surface area contributed by atoms with E-state index in [-0.39, 0.29) is 5.69 Å². The molecule has 134 valence electrons. The zero-order chi connectivity index (χ0) is 18.7. The maximum absolute atomic E-state index is 12.5. The number of hydrogen-bond acceptors (Lipinski definition) is 5. The normalized spacial score (nSPS) is 11.8. The predicted molar refractivity (Wildman–Crippen MR) is 106 cm³/mol. The van der Waals surface area contributed by atoms with Gasteiger partial charge in [-0.3, -0.25) is 14.9 Å². The van der Waals surface area contributed by atoms with E-state index in [0.717, 1.165) is 28.1 Å². The van der Waals surface area contributed by atoms with Crippen molar-refractivity contribution in [2.24, 2.45) is 4.99 Å². The van der Waals surface area contributed by atoms with Gasteiger partial charge in [0.2, 0.25) is 0 Å². The van der Waals surface area contributed by atoms with Crippen molar-refractivity contribution < 1.29 is 9.72 Å². The molecule has 3 aromatic rings. The Hall–Kier alpha value is -2.45. The van der Waals surface area contributed by atoms with Crippen LogP contribution < -0.4 is 4.80 Å². The Morgan fingerprint density at radius 3 is 2.65 bits per heavy atom. The van der Waals surface area contributed by atoms with E-state index in [1.807, 2.05) is 19.2 Å². The van der Waals surface area contributed by atoms with Crippen LogP contribution in [0.3, 0.4) is 0 Å². The Morgan fingerprint density at radius 1 is 1.27 bits per heavy atom. The third-order valence-electron chi connectivity index (χ3n) is 3.88. The van der Waals surface area contributed by atoms with E-state index in [1.54, 1.807) is 11.8 Å². The van der Waals surface area contributed by atoms with Crippen LogP contribution in [0.15, 0.2) is 47.5 Å². The number of rotatable bonds is 5. The average molecular weight is 387 g/mol. The van der Waals surface area contributed by atoms with Gasteiger partial charge in [0.1, 0.15) is 0 Å². The molecule has 2 aromatic carbocycles. The molecule has 0 N–H and O–H groups in total. The fraction of sp³-hybridized carbons (Fsp3) is 0.222. The van der Waals surface area contributed by atoms with Crippen LogP contribution in [0, 0.1) is 17.0 Å². The highest BCUT2D eigenvalue weighted by atomic mass is 32.2. The number of aryl methyl sites for hydroxylation is 2. The minimum Gasteiger partial charge on any atom is -0.316 e. The van der Waals surface area contributed by atoms with Crippen molar-refractivity contribution in [2.75, 3.05) is 12.0 Å². The number of benzene rings is 2. The van der Waals surface area contributed by atoms with Crippen molar-refractivity contribution >= 4 is 44.9 Å². The fourth-order valence-electron chi connectivity index (χ4n) is 2.54. The largest absolute Gasteiger partial charge is 0.316 e. The van der Waals surface area contributed by atoms with Crippen molar-refractivity contribution in [3.63, 3.8) is 0 Å². The van der Waals surface area contributed by atoms with Crippen molar-refractivity contribution in [3.05, 3.63) is 68.5 Å². The molecule has 0 aliphatic heterocycles. The molecule has 0 saturated carbocycles. The van der Waals surface area contributed by atoms with Crippen LogP contribution in [-0.4, -0.2) is 27.4 Å². The van der Waals surface area contributed by atoms with Gasteiger partial charge in [0.15, 0.2) is 4.80 Å². The van der Waals surface area contributed by atoms with Gasteiger partial charge in [0.25, 0.3) is 11.6 Å². The number of fused-ring (bicyclic) bond motifs is 1. The summed E-state index contributed by atoms with van der Waals surface area (Å²) >= 11 is 3.21. The van der Waals surface area contributed by atoms with Gasteiger partial charge in [-0.15, -0.1) is 0 Å². The molecule has 1 heterocycles. The monoisotopic (exact) mass is 387 g/mol. The average Bonchev–Trinajstić information content (AvgIpc) is 2.95. The molecule has 8 heteroatoms. The van der Waals surface area contributed by atoms with Crippen LogP contribution >= 0.6 is 23.1 Å². The molecule has 6 nitrogen and oxygen atoms in total. The zero-order valence-corrected chi connectivity index (χ0v) is 16.0. The number of amides is 1. The van der Waals surface area contributed by atoms with Crippen LogP contribution in [0.4, 0.5) is 5.69 Å². The Kier molecular flexibility index (Phi) is 5.53. The van der Waals surface area contributed by atoms with E-state index in [0.29, 0.717) is 10.4 Å². The molecule has 0 fully saturated rings. The minimum absolute atomic E-state index is 0.0473. The van der Waals surface area contributed by atoms with Crippen LogP contribution in [0.5, 0.6) is 0 Å². The fourth-order valence-corrected chi connectivity index (χ4v) is 4.06. The molecule has 0 unspecified atom stereocenters. The lowest BCUT2D eigenvalue weighted by Crippen LogP contribution is -2.18. The van der Waals surface area contributed by atoms with E-state index < -0.39 is 10.8 Å². The van der Waals surface area contributed by atoms with Crippen molar-refractivity contribution in [3.8, 4) is 0 Å². The first kappa shape index (κ1) is 18.3. The first-order valence-corrected chi connectivity index (χ1v) is 10.1. The molecule has 0 aliphatic rings. The van der Waals surface area contributed by atoms with E-state index in [4.69, 9.17) is 0 Å². The first-order chi connectivity index (χ1) is 12.5. The molecule has 0 atom stereocenters. The van der Waals surface area contributed by atoms with Gasteiger partial charge in [-0.05, 0) is 43.0 Å². The molecule has 1 aromatic heterocycles.